The second kappa shape index (κ2) is 9.59. The summed E-state index contributed by atoms with van der Waals surface area (Å²) in [5.74, 6) is 0.730. The van der Waals surface area contributed by atoms with E-state index in [1.54, 1.807) is 6.20 Å². The number of imidazole rings is 1. The van der Waals surface area contributed by atoms with Crippen LogP contribution in [-0.2, 0) is 6.54 Å². The summed E-state index contributed by atoms with van der Waals surface area (Å²) in [6.45, 7) is 5.24. The van der Waals surface area contributed by atoms with Crippen LogP contribution in [0.5, 0.6) is 0 Å². The maximum Gasteiger partial charge on any atom is 0.193 e. The smallest absolute Gasteiger partial charge is 0.193 e. The largest absolute Gasteiger partial charge is 0.368 e. The first kappa shape index (κ1) is 19.5. The number of guanidine groups is 1. The van der Waals surface area contributed by atoms with Gasteiger partial charge in [-0.2, -0.15) is 0 Å². The zero-order valence-corrected chi connectivity index (χ0v) is 16.6. The molecule has 0 saturated carbocycles. The van der Waals surface area contributed by atoms with E-state index in [0.29, 0.717) is 0 Å². The maximum absolute atomic E-state index is 13.0. The zero-order chi connectivity index (χ0) is 16.8. The fourth-order valence-electron chi connectivity index (χ4n) is 2.88. The van der Waals surface area contributed by atoms with Crippen LogP contribution in [0.15, 0.2) is 48.0 Å². The molecule has 1 aromatic heterocycles. The van der Waals surface area contributed by atoms with Crippen LogP contribution in [-0.4, -0.2) is 60.2 Å². The van der Waals surface area contributed by atoms with Gasteiger partial charge in [-0.1, -0.05) is 0 Å². The molecule has 1 aliphatic heterocycles. The number of halogens is 2. The second-order valence-corrected chi connectivity index (χ2v) is 5.73. The molecule has 0 bridgehead atoms. The molecule has 1 aliphatic rings. The number of benzene rings is 1. The van der Waals surface area contributed by atoms with Gasteiger partial charge in [0.2, 0.25) is 0 Å². The molecule has 0 radical (unpaired) electrons. The number of nitrogens with one attached hydrogen (secondary N) is 1. The Kier molecular flexibility index (Phi) is 7.48. The molecule has 3 rings (SSSR count). The van der Waals surface area contributed by atoms with Crippen molar-refractivity contribution in [2.24, 2.45) is 4.99 Å². The summed E-state index contributed by atoms with van der Waals surface area (Å²) in [6.07, 6.45) is 5.54. The number of hydrogen-bond acceptors (Lipinski definition) is 3. The molecule has 2 aromatic rings. The second-order valence-electron chi connectivity index (χ2n) is 5.73. The topological polar surface area (TPSA) is 48.7 Å². The van der Waals surface area contributed by atoms with Crippen molar-refractivity contribution in [2.45, 2.75) is 6.54 Å². The number of piperazine rings is 1. The average molecular weight is 458 g/mol. The normalized spacial score (nSPS) is 15.0. The van der Waals surface area contributed by atoms with Gasteiger partial charge in [-0.15, -0.1) is 24.0 Å². The van der Waals surface area contributed by atoms with Crippen molar-refractivity contribution in [1.82, 2.24) is 19.8 Å². The SMILES string of the molecule is CN=C(NCCn1ccnc1)N1CCN(c2ccc(F)cc2)CC1.I. The minimum absolute atomic E-state index is 0. The third-order valence-electron chi connectivity index (χ3n) is 4.20. The van der Waals surface area contributed by atoms with E-state index >= 15 is 0 Å². The first-order valence-corrected chi connectivity index (χ1v) is 8.18. The van der Waals surface area contributed by atoms with Crippen molar-refractivity contribution in [3.8, 4) is 0 Å². The van der Waals surface area contributed by atoms with Crippen molar-refractivity contribution < 1.29 is 4.39 Å². The summed E-state index contributed by atoms with van der Waals surface area (Å²) in [6, 6.07) is 6.70. The molecule has 8 heteroatoms. The van der Waals surface area contributed by atoms with Crippen LogP contribution < -0.4 is 10.2 Å². The van der Waals surface area contributed by atoms with Crippen LogP contribution in [0.2, 0.25) is 0 Å². The molecule has 25 heavy (non-hydrogen) atoms. The summed E-state index contributed by atoms with van der Waals surface area (Å²) in [5, 5.41) is 3.40. The van der Waals surface area contributed by atoms with Crippen molar-refractivity contribution in [3.05, 3.63) is 48.8 Å². The van der Waals surface area contributed by atoms with Gasteiger partial charge in [-0.05, 0) is 24.3 Å². The number of rotatable bonds is 4. The van der Waals surface area contributed by atoms with Crippen LogP contribution in [0, 0.1) is 5.82 Å². The van der Waals surface area contributed by atoms with E-state index in [4.69, 9.17) is 0 Å². The number of anilines is 1. The van der Waals surface area contributed by atoms with Gasteiger partial charge in [0.15, 0.2) is 5.96 Å². The number of aromatic nitrogens is 2. The lowest BCUT2D eigenvalue weighted by Crippen LogP contribution is -2.52. The maximum atomic E-state index is 13.0. The molecule has 1 N–H and O–H groups in total. The lowest BCUT2D eigenvalue weighted by molar-refractivity contribution is 0.372. The molecule has 136 valence electrons. The molecule has 6 nitrogen and oxygen atoms in total. The zero-order valence-electron chi connectivity index (χ0n) is 14.3. The molecule has 0 spiro atoms. The predicted molar refractivity (Wildman–Crippen MR) is 109 cm³/mol. The third-order valence-corrected chi connectivity index (χ3v) is 4.20. The van der Waals surface area contributed by atoms with E-state index in [2.05, 4.69) is 25.1 Å². The van der Waals surface area contributed by atoms with Crippen molar-refractivity contribution in [2.75, 3.05) is 44.7 Å². The van der Waals surface area contributed by atoms with Crippen molar-refractivity contribution in [3.63, 3.8) is 0 Å². The summed E-state index contributed by atoms with van der Waals surface area (Å²) in [4.78, 5) is 12.9. The summed E-state index contributed by atoms with van der Waals surface area (Å²) < 4.78 is 15.1. The Bertz CT molecular complexity index is 650. The van der Waals surface area contributed by atoms with E-state index in [1.807, 2.05) is 36.3 Å². The van der Waals surface area contributed by atoms with E-state index in [9.17, 15) is 4.39 Å². The van der Waals surface area contributed by atoms with Gasteiger partial charge in [0.25, 0.3) is 0 Å². The molecular formula is C17H24FIN6. The molecule has 1 saturated heterocycles. The Morgan fingerprint density at radius 3 is 2.52 bits per heavy atom. The fraction of sp³-hybridized carbons (Fsp3) is 0.412. The molecule has 0 amide bonds. The van der Waals surface area contributed by atoms with Gasteiger partial charge < -0.3 is 19.7 Å². The van der Waals surface area contributed by atoms with Gasteiger partial charge in [-0.3, -0.25) is 4.99 Å². The first-order valence-electron chi connectivity index (χ1n) is 8.18. The van der Waals surface area contributed by atoms with Crippen LogP contribution in [0.25, 0.3) is 0 Å². The summed E-state index contributed by atoms with van der Waals surface area (Å²) in [5.41, 5.74) is 1.07. The molecule has 0 aliphatic carbocycles. The standard InChI is InChI=1S/C17H23FN6.HI/c1-19-17(21-7-9-22-8-6-20-14-22)24-12-10-23(11-13-24)16-4-2-15(18)3-5-16;/h2-6,8,14H,7,9-13H2,1H3,(H,19,21);1H. The van der Waals surface area contributed by atoms with E-state index < -0.39 is 0 Å². The molecule has 1 aromatic carbocycles. The van der Waals surface area contributed by atoms with E-state index in [1.165, 1.54) is 12.1 Å². The van der Waals surface area contributed by atoms with Crippen LogP contribution in [0.4, 0.5) is 10.1 Å². The highest BCUT2D eigenvalue weighted by molar-refractivity contribution is 14.0. The quantitative estimate of drug-likeness (QED) is 0.433. The number of hydrogen-bond donors (Lipinski definition) is 1. The Morgan fingerprint density at radius 2 is 1.92 bits per heavy atom. The van der Waals surface area contributed by atoms with E-state index in [0.717, 1.165) is 50.9 Å². The lowest BCUT2D eigenvalue weighted by Gasteiger charge is -2.37. The van der Waals surface area contributed by atoms with Crippen LogP contribution in [0.3, 0.4) is 0 Å². The van der Waals surface area contributed by atoms with Crippen molar-refractivity contribution >= 4 is 35.6 Å². The molecule has 0 atom stereocenters. The van der Waals surface area contributed by atoms with Gasteiger partial charge in [-0.25, -0.2) is 9.37 Å². The summed E-state index contributed by atoms with van der Waals surface area (Å²) >= 11 is 0. The highest BCUT2D eigenvalue weighted by atomic mass is 127. The Labute approximate surface area is 164 Å². The highest BCUT2D eigenvalue weighted by Gasteiger charge is 2.19. The molecule has 0 unspecified atom stereocenters. The van der Waals surface area contributed by atoms with Crippen LogP contribution >= 0.6 is 24.0 Å². The monoisotopic (exact) mass is 458 g/mol. The molecule has 1 fully saturated rings. The average Bonchev–Trinajstić information content (AvgIpc) is 3.13. The third kappa shape index (κ3) is 5.32. The molecular weight excluding hydrogens is 434 g/mol. The van der Waals surface area contributed by atoms with Gasteiger partial charge in [0.05, 0.1) is 6.33 Å². The Hall–Kier alpha value is -1.84. The minimum Gasteiger partial charge on any atom is -0.368 e. The number of aliphatic imine (C=N–C) groups is 1. The predicted octanol–water partition coefficient (Wildman–Crippen LogP) is 2.04. The highest BCUT2D eigenvalue weighted by Crippen LogP contribution is 2.16. The van der Waals surface area contributed by atoms with Gasteiger partial charge in [0, 0.05) is 64.4 Å². The summed E-state index contributed by atoms with van der Waals surface area (Å²) in [7, 11) is 1.81. The number of nitrogens with zero attached hydrogens (tertiary/aromatic N) is 5. The minimum atomic E-state index is -0.195. The fourth-order valence-corrected chi connectivity index (χ4v) is 2.88. The van der Waals surface area contributed by atoms with Gasteiger partial charge in [0.1, 0.15) is 5.82 Å². The van der Waals surface area contributed by atoms with E-state index in [-0.39, 0.29) is 29.8 Å². The Morgan fingerprint density at radius 1 is 1.20 bits per heavy atom. The van der Waals surface area contributed by atoms with Gasteiger partial charge >= 0.3 is 0 Å². The lowest BCUT2D eigenvalue weighted by atomic mass is 10.2. The first-order chi connectivity index (χ1) is 11.8. The van der Waals surface area contributed by atoms with Crippen LogP contribution in [0.1, 0.15) is 0 Å². The molecule has 2 heterocycles. The Balaban J connectivity index is 0.00000225. The van der Waals surface area contributed by atoms with Crippen molar-refractivity contribution in [1.29, 1.82) is 0 Å².